The highest BCUT2D eigenvalue weighted by atomic mass is 35.5. The molecule has 2 aliphatic heterocycles. The summed E-state index contributed by atoms with van der Waals surface area (Å²) in [6.07, 6.45) is 3.23. The zero-order valence-electron chi connectivity index (χ0n) is 15.7. The molecule has 0 radical (unpaired) electrons. The SMILES string of the molecule is O=C(CCc1ccc(Cl)cc1)N1CCCC1C1NNCC1c1ccc(F)cc1. The Labute approximate surface area is 170 Å². The molecule has 3 atom stereocenters. The molecule has 0 bridgehead atoms. The number of aryl methyl sites for hydroxylation is 1. The number of hydrogen-bond acceptors (Lipinski definition) is 3. The third-order valence-corrected chi connectivity index (χ3v) is 6.15. The number of halogens is 2. The summed E-state index contributed by atoms with van der Waals surface area (Å²) in [5.74, 6) is 0.193. The molecule has 2 saturated heterocycles. The molecule has 2 aliphatic rings. The van der Waals surface area contributed by atoms with Crippen LogP contribution >= 0.6 is 11.6 Å². The third kappa shape index (κ3) is 4.22. The number of hydrogen-bond donors (Lipinski definition) is 2. The van der Waals surface area contributed by atoms with Gasteiger partial charge in [-0.2, -0.15) is 0 Å². The lowest BCUT2D eigenvalue weighted by Gasteiger charge is -2.32. The van der Waals surface area contributed by atoms with Crippen molar-refractivity contribution >= 4 is 17.5 Å². The summed E-state index contributed by atoms with van der Waals surface area (Å²) in [7, 11) is 0. The lowest BCUT2D eigenvalue weighted by molar-refractivity contribution is -0.132. The van der Waals surface area contributed by atoms with Crippen LogP contribution in [0.2, 0.25) is 5.02 Å². The monoisotopic (exact) mass is 401 g/mol. The Morgan fingerprint density at radius 2 is 1.89 bits per heavy atom. The first-order valence-electron chi connectivity index (χ1n) is 9.89. The number of amides is 1. The van der Waals surface area contributed by atoms with E-state index < -0.39 is 0 Å². The van der Waals surface area contributed by atoms with Gasteiger partial charge in [0.15, 0.2) is 0 Å². The second kappa shape index (κ2) is 8.60. The molecule has 2 fully saturated rings. The number of nitrogens with zero attached hydrogens (tertiary/aromatic N) is 1. The van der Waals surface area contributed by atoms with Crippen molar-refractivity contribution in [3.8, 4) is 0 Å². The Kier molecular flexibility index (Phi) is 5.95. The van der Waals surface area contributed by atoms with E-state index >= 15 is 0 Å². The molecule has 0 spiro atoms. The predicted octanol–water partition coefficient (Wildman–Crippen LogP) is 3.66. The maximum Gasteiger partial charge on any atom is 0.223 e. The first kappa shape index (κ1) is 19.4. The van der Waals surface area contributed by atoms with Crippen LogP contribution in [-0.2, 0) is 11.2 Å². The highest BCUT2D eigenvalue weighted by molar-refractivity contribution is 6.30. The molecule has 0 aliphatic carbocycles. The number of rotatable bonds is 5. The first-order chi connectivity index (χ1) is 13.6. The van der Waals surface area contributed by atoms with Gasteiger partial charge in [0.1, 0.15) is 5.82 Å². The summed E-state index contributed by atoms with van der Waals surface area (Å²) >= 11 is 5.93. The van der Waals surface area contributed by atoms with E-state index in [0.717, 1.165) is 43.5 Å². The number of hydrazine groups is 1. The van der Waals surface area contributed by atoms with E-state index in [9.17, 15) is 9.18 Å². The minimum absolute atomic E-state index is 0.132. The van der Waals surface area contributed by atoms with E-state index in [0.29, 0.717) is 11.4 Å². The molecule has 4 nitrogen and oxygen atoms in total. The molecular weight excluding hydrogens is 377 g/mol. The van der Waals surface area contributed by atoms with Crippen molar-refractivity contribution in [2.24, 2.45) is 0 Å². The molecule has 3 unspecified atom stereocenters. The van der Waals surface area contributed by atoms with Crippen molar-refractivity contribution in [2.75, 3.05) is 13.1 Å². The van der Waals surface area contributed by atoms with Gasteiger partial charge >= 0.3 is 0 Å². The molecule has 28 heavy (non-hydrogen) atoms. The van der Waals surface area contributed by atoms with E-state index in [1.807, 2.05) is 41.3 Å². The average molecular weight is 402 g/mol. The van der Waals surface area contributed by atoms with E-state index in [1.165, 1.54) is 12.1 Å². The highest BCUT2D eigenvalue weighted by Crippen LogP contribution is 2.32. The van der Waals surface area contributed by atoms with Gasteiger partial charge in [-0.1, -0.05) is 35.9 Å². The number of carbonyl (C=O) groups is 1. The minimum atomic E-state index is -0.223. The lowest BCUT2D eigenvalue weighted by Crippen LogP contribution is -2.49. The van der Waals surface area contributed by atoms with Gasteiger partial charge in [0, 0.05) is 42.5 Å². The first-order valence-corrected chi connectivity index (χ1v) is 10.3. The summed E-state index contributed by atoms with van der Waals surface area (Å²) in [6.45, 7) is 1.58. The van der Waals surface area contributed by atoms with Crippen molar-refractivity contribution < 1.29 is 9.18 Å². The molecule has 2 aromatic carbocycles. The molecule has 2 aromatic rings. The van der Waals surface area contributed by atoms with Crippen LogP contribution in [0.4, 0.5) is 4.39 Å². The molecule has 2 heterocycles. The van der Waals surface area contributed by atoms with Crippen molar-refractivity contribution in [3.63, 3.8) is 0 Å². The molecule has 6 heteroatoms. The van der Waals surface area contributed by atoms with E-state index in [2.05, 4.69) is 10.9 Å². The number of benzene rings is 2. The van der Waals surface area contributed by atoms with Crippen LogP contribution in [0, 0.1) is 5.82 Å². The van der Waals surface area contributed by atoms with Gasteiger partial charge in [-0.3, -0.25) is 15.6 Å². The number of likely N-dealkylation sites (tertiary alicyclic amines) is 1. The molecule has 148 valence electrons. The van der Waals surface area contributed by atoms with Crippen LogP contribution in [0.25, 0.3) is 0 Å². The lowest BCUT2D eigenvalue weighted by atomic mass is 9.87. The van der Waals surface area contributed by atoms with E-state index in [1.54, 1.807) is 0 Å². The van der Waals surface area contributed by atoms with Gasteiger partial charge in [-0.15, -0.1) is 0 Å². The zero-order chi connectivity index (χ0) is 19.5. The van der Waals surface area contributed by atoms with Gasteiger partial charge in [0.05, 0.1) is 0 Å². The average Bonchev–Trinajstić information content (AvgIpc) is 3.37. The van der Waals surface area contributed by atoms with Crippen molar-refractivity contribution in [1.29, 1.82) is 0 Å². The number of nitrogens with one attached hydrogen (secondary N) is 2. The Morgan fingerprint density at radius 3 is 2.64 bits per heavy atom. The van der Waals surface area contributed by atoms with Crippen molar-refractivity contribution in [2.45, 2.75) is 43.7 Å². The summed E-state index contributed by atoms with van der Waals surface area (Å²) < 4.78 is 13.3. The Hall–Kier alpha value is -1.95. The van der Waals surface area contributed by atoms with Gasteiger partial charge in [0.2, 0.25) is 5.91 Å². The van der Waals surface area contributed by atoms with Gasteiger partial charge in [-0.25, -0.2) is 4.39 Å². The summed E-state index contributed by atoms with van der Waals surface area (Å²) in [5, 5.41) is 0.710. The van der Waals surface area contributed by atoms with Crippen LogP contribution in [0.15, 0.2) is 48.5 Å². The molecule has 0 saturated carbocycles. The largest absolute Gasteiger partial charge is 0.338 e. The summed E-state index contributed by atoms with van der Waals surface area (Å²) in [5.41, 5.74) is 8.84. The standard InChI is InChI=1S/C22H25ClFN3O/c23-17-8-3-15(4-9-17)5-12-21(28)27-13-1-2-20(27)22-19(14-25-26-22)16-6-10-18(24)11-7-16/h3-4,6-11,19-20,22,25-26H,1-2,5,12-14H2. The van der Waals surface area contributed by atoms with Crippen molar-refractivity contribution in [3.05, 3.63) is 70.5 Å². The Morgan fingerprint density at radius 1 is 1.14 bits per heavy atom. The van der Waals surface area contributed by atoms with Crippen LogP contribution in [0.3, 0.4) is 0 Å². The predicted molar refractivity (Wildman–Crippen MR) is 109 cm³/mol. The fourth-order valence-electron chi connectivity index (χ4n) is 4.44. The Balaban J connectivity index is 1.42. The van der Waals surface area contributed by atoms with Gasteiger partial charge < -0.3 is 4.90 Å². The minimum Gasteiger partial charge on any atom is -0.338 e. The molecule has 1 amide bonds. The van der Waals surface area contributed by atoms with Gasteiger partial charge in [0.25, 0.3) is 0 Å². The summed E-state index contributed by atoms with van der Waals surface area (Å²) in [6, 6.07) is 14.7. The second-order valence-corrected chi connectivity index (χ2v) is 8.07. The van der Waals surface area contributed by atoms with Crippen LogP contribution in [0.1, 0.15) is 36.3 Å². The van der Waals surface area contributed by atoms with E-state index in [-0.39, 0.29) is 29.7 Å². The number of carbonyl (C=O) groups excluding carboxylic acids is 1. The fourth-order valence-corrected chi connectivity index (χ4v) is 4.56. The maximum atomic E-state index is 13.3. The topological polar surface area (TPSA) is 44.4 Å². The summed E-state index contributed by atoms with van der Waals surface area (Å²) in [4.78, 5) is 15.0. The quantitative estimate of drug-likeness (QED) is 0.803. The van der Waals surface area contributed by atoms with Gasteiger partial charge in [-0.05, 0) is 54.7 Å². The molecule has 2 N–H and O–H groups in total. The van der Waals surface area contributed by atoms with Crippen LogP contribution < -0.4 is 10.9 Å². The van der Waals surface area contributed by atoms with E-state index in [4.69, 9.17) is 11.6 Å². The molecule has 0 aromatic heterocycles. The fraction of sp³-hybridized carbons (Fsp3) is 0.409. The van der Waals surface area contributed by atoms with Crippen LogP contribution in [0.5, 0.6) is 0 Å². The zero-order valence-corrected chi connectivity index (χ0v) is 16.5. The molecule has 4 rings (SSSR count). The van der Waals surface area contributed by atoms with Crippen molar-refractivity contribution in [1.82, 2.24) is 15.8 Å². The third-order valence-electron chi connectivity index (χ3n) is 5.90. The second-order valence-electron chi connectivity index (χ2n) is 7.63. The maximum absolute atomic E-state index is 13.3. The smallest absolute Gasteiger partial charge is 0.223 e. The normalized spacial score (nSPS) is 24.6. The van der Waals surface area contributed by atoms with Crippen LogP contribution in [-0.4, -0.2) is 36.0 Å². The molecular formula is C22H25ClFN3O. The highest BCUT2D eigenvalue weighted by Gasteiger charge is 2.41. The Bertz CT molecular complexity index is 812.